The van der Waals surface area contributed by atoms with Crippen molar-refractivity contribution < 1.29 is 4.74 Å². The van der Waals surface area contributed by atoms with Crippen LogP contribution in [0.2, 0.25) is 0 Å². The van der Waals surface area contributed by atoms with Crippen LogP contribution in [0.15, 0.2) is 30.6 Å². The monoisotopic (exact) mass is 293 g/mol. The second-order valence-electron chi connectivity index (χ2n) is 4.96. The van der Waals surface area contributed by atoms with Gasteiger partial charge in [0.15, 0.2) is 0 Å². The number of rotatable bonds is 2. The van der Waals surface area contributed by atoms with Crippen LogP contribution in [0, 0.1) is 11.3 Å². The molecule has 0 aliphatic heterocycles. The average molecular weight is 293 g/mol. The number of nitrogens with zero attached hydrogens (tertiary/aromatic N) is 3. The molecule has 4 rings (SSSR count). The topological polar surface area (TPSA) is 58.8 Å². The predicted molar refractivity (Wildman–Crippen MR) is 80.7 cm³/mol. The number of ether oxygens (including phenoxy) is 1. The Kier molecular flexibility index (Phi) is 2.83. The summed E-state index contributed by atoms with van der Waals surface area (Å²) in [6.07, 6.45) is 4.92. The number of benzene rings is 1. The van der Waals surface area contributed by atoms with Gasteiger partial charge in [0, 0.05) is 4.88 Å². The SMILES string of the molecule is N#Cc1cccc(Oc2ncnc3sc4c(c23)CCC4)c1. The van der Waals surface area contributed by atoms with Crippen molar-refractivity contribution in [3.8, 4) is 17.7 Å². The molecule has 0 amide bonds. The van der Waals surface area contributed by atoms with Gasteiger partial charge in [0.05, 0.1) is 17.0 Å². The molecular formula is C16H11N3OS. The molecule has 102 valence electrons. The minimum Gasteiger partial charge on any atom is -0.438 e. The van der Waals surface area contributed by atoms with Gasteiger partial charge in [-0.15, -0.1) is 11.3 Å². The Balaban J connectivity index is 1.81. The molecule has 1 aromatic carbocycles. The fourth-order valence-corrected chi connectivity index (χ4v) is 3.94. The zero-order valence-electron chi connectivity index (χ0n) is 11.2. The Morgan fingerprint density at radius 2 is 2.19 bits per heavy atom. The van der Waals surface area contributed by atoms with E-state index in [1.807, 2.05) is 12.1 Å². The first kappa shape index (κ1) is 12.3. The normalized spacial score (nSPS) is 13.1. The summed E-state index contributed by atoms with van der Waals surface area (Å²) in [4.78, 5) is 11.0. The lowest BCUT2D eigenvalue weighted by Crippen LogP contribution is -1.91. The second-order valence-corrected chi connectivity index (χ2v) is 6.04. The molecule has 1 aliphatic carbocycles. The summed E-state index contributed by atoms with van der Waals surface area (Å²) >= 11 is 1.74. The van der Waals surface area contributed by atoms with Crippen molar-refractivity contribution in [2.75, 3.05) is 0 Å². The molecule has 0 bridgehead atoms. The molecule has 0 spiro atoms. The summed E-state index contributed by atoms with van der Waals surface area (Å²) in [6.45, 7) is 0. The van der Waals surface area contributed by atoms with Crippen molar-refractivity contribution in [1.82, 2.24) is 9.97 Å². The Morgan fingerprint density at radius 1 is 1.24 bits per heavy atom. The fraction of sp³-hybridized carbons (Fsp3) is 0.188. The lowest BCUT2D eigenvalue weighted by Gasteiger charge is -2.06. The molecule has 0 saturated heterocycles. The van der Waals surface area contributed by atoms with Crippen LogP contribution in [-0.2, 0) is 12.8 Å². The van der Waals surface area contributed by atoms with Gasteiger partial charge in [0.1, 0.15) is 16.9 Å². The summed E-state index contributed by atoms with van der Waals surface area (Å²) in [5.74, 6) is 1.22. The number of hydrogen-bond acceptors (Lipinski definition) is 5. The van der Waals surface area contributed by atoms with E-state index in [0.717, 1.165) is 23.1 Å². The average Bonchev–Trinajstić information content (AvgIpc) is 3.08. The third-order valence-corrected chi connectivity index (χ3v) is 4.84. The maximum Gasteiger partial charge on any atom is 0.231 e. The minimum atomic E-state index is 0.577. The molecule has 2 heterocycles. The van der Waals surface area contributed by atoms with Gasteiger partial charge in [-0.05, 0) is 43.0 Å². The maximum absolute atomic E-state index is 8.96. The smallest absolute Gasteiger partial charge is 0.231 e. The molecule has 5 heteroatoms. The van der Waals surface area contributed by atoms with Gasteiger partial charge in [-0.25, -0.2) is 9.97 Å². The van der Waals surface area contributed by atoms with Gasteiger partial charge in [0.25, 0.3) is 0 Å². The Morgan fingerprint density at radius 3 is 3.10 bits per heavy atom. The van der Waals surface area contributed by atoms with Crippen molar-refractivity contribution in [2.24, 2.45) is 0 Å². The fourth-order valence-electron chi connectivity index (χ4n) is 2.72. The molecular weight excluding hydrogens is 282 g/mol. The molecule has 1 aliphatic rings. The summed E-state index contributed by atoms with van der Waals surface area (Å²) in [5.41, 5.74) is 1.91. The molecule has 0 fully saturated rings. The van der Waals surface area contributed by atoms with Crippen LogP contribution >= 0.6 is 11.3 Å². The lowest BCUT2D eigenvalue weighted by molar-refractivity contribution is 0.468. The van der Waals surface area contributed by atoms with E-state index in [-0.39, 0.29) is 0 Å². The number of thiophene rings is 1. The third-order valence-electron chi connectivity index (χ3n) is 3.64. The van der Waals surface area contributed by atoms with E-state index in [0.29, 0.717) is 17.2 Å². The first-order valence-electron chi connectivity index (χ1n) is 6.78. The van der Waals surface area contributed by atoms with Gasteiger partial charge in [-0.2, -0.15) is 5.26 Å². The summed E-state index contributed by atoms with van der Waals surface area (Å²) in [5, 5.41) is 10.0. The highest BCUT2D eigenvalue weighted by Crippen LogP contribution is 2.40. The molecule has 2 aromatic heterocycles. The van der Waals surface area contributed by atoms with Crippen molar-refractivity contribution in [3.05, 3.63) is 46.6 Å². The molecule has 0 radical (unpaired) electrons. The van der Waals surface area contributed by atoms with Gasteiger partial charge in [0.2, 0.25) is 5.88 Å². The zero-order chi connectivity index (χ0) is 14.2. The number of nitriles is 1. The predicted octanol–water partition coefficient (Wildman–Crippen LogP) is 3.84. The molecule has 3 aromatic rings. The van der Waals surface area contributed by atoms with Gasteiger partial charge in [-0.1, -0.05) is 6.07 Å². The van der Waals surface area contributed by atoms with Crippen LogP contribution in [0.3, 0.4) is 0 Å². The van der Waals surface area contributed by atoms with Gasteiger partial charge in [-0.3, -0.25) is 0 Å². The number of fused-ring (bicyclic) bond motifs is 3. The summed E-state index contributed by atoms with van der Waals surface area (Å²) in [6, 6.07) is 9.24. The highest BCUT2D eigenvalue weighted by molar-refractivity contribution is 7.18. The van der Waals surface area contributed by atoms with E-state index in [2.05, 4.69) is 16.0 Å². The van der Waals surface area contributed by atoms with Crippen molar-refractivity contribution in [2.45, 2.75) is 19.3 Å². The third kappa shape index (κ3) is 2.05. The molecule has 21 heavy (non-hydrogen) atoms. The molecule has 0 atom stereocenters. The standard InChI is InChI=1S/C16H11N3OS/c17-8-10-3-1-4-11(7-10)20-15-14-12-5-2-6-13(12)21-16(14)19-9-18-15/h1,3-4,7,9H,2,5-6H2. The number of aryl methyl sites for hydroxylation is 2. The first-order chi connectivity index (χ1) is 10.3. The Labute approximate surface area is 125 Å². The van der Waals surface area contributed by atoms with Crippen LogP contribution in [-0.4, -0.2) is 9.97 Å². The maximum atomic E-state index is 8.96. The van der Waals surface area contributed by atoms with E-state index in [4.69, 9.17) is 10.00 Å². The van der Waals surface area contributed by atoms with Crippen molar-refractivity contribution in [1.29, 1.82) is 5.26 Å². The lowest BCUT2D eigenvalue weighted by atomic mass is 10.2. The minimum absolute atomic E-state index is 0.577. The van der Waals surface area contributed by atoms with E-state index < -0.39 is 0 Å². The van der Waals surface area contributed by atoms with E-state index in [9.17, 15) is 0 Å². The van der Waals surface area contributed by atoms with Gasteiger partial charge < -0.3 is 4.74 Å². The largest absolute Gasteiger partial charge is 0.438 e. The Bertz CT molecular complexity index is 879. The van der Waals surface area contributed by atoms with Crippen LogP contribution in [0.4, 0.5) is 0 Å². The molecule has 0 saturated carbocycles. The molecule has 0 unspecified atom stereocenters. The highest BCUT2D eigenvalue weighted by atomic mass is 32.1. The zero-order valence-corrected chi connectivity index (χ0v) is 12.0. The summed E-state index contributed by atoms with van der Waals surface area (Å²) in [7, 11) is 0. The molecule has 4 nitrogen and oxygen atoms in total. The summed E-state index contributed by atoms with van der Waals surface area (Å²) < 4.78 is 5.92. The first-order valence-corrected chi connectivity index (χ1v) is 7.60. The van der Waals surface area contributed by atoms with Crippen molar-refractivity contribution >= 4 is 21.6 Å². The van der Waals surface area contributed by atoms with Crippen LogP contribution in [0.25, 0.3) is 10.2 Å². The van der Waals surface area contributed by atoms with Crippen LogP contribution in [0.5, 0.6) is 11.6 Å². The van der Waals surface area contributed by atoms with E-state index in [1.54, 1.807) is 23.5 Å². The van der Waals surface area contributed by atoms with E-state index in [1.165, 1.54) is 23.2 Å². The Hall–Kier alpha value is -2.45. The van der Waals surface area contributed by atoms with E-state index >= 15 is 0 Å². The highest BCUT2D eigenvalue weighted by Gasteiger charge is 2.22. The van der Waals surface area contributed by atoms with Crippen LogP contribution < -0.4 is 4.74 Å². The molecule has 0 N–H and O–H groups in total. The van der Waals surface area contributed by atoms with Crippen LogP contribution in [0.1, 0.15) is 22.4 Å². The van der Waals surface area contributed by atoms with Gasteiger partial charge >= 0.3 is 0 Å². The van der Waals surface area contributed by atoms with Crippen molar-refractivity contribution in [3.63, 3.8) is 0 Å². The number of aromatic nitrogens is 2. The second kappa shape index (κ2) is 4.83. The number of hydrogen-bond donors (Lipinski definition) is 0. The quantitative estimate of drug-likeness (QED) is 0.720.